The molecule has 328 valence electrons. The van der Waals surface area contributed by atoms with Crippen LogP contribution in [-0.2, 0) is 0 Å². The third kappa shape index (κ3) is 58.6. The lowest BCUT2D eigenvalue weighted by Crippen LogP contribution is -1.85. The van der Waals surface area contributed by atoms with E-state index in [0.717, 1.165) is 12.8 Å². The van der Waals surface area contributed by atoms with Crippen LogP contribution in [0.5, 0.6) is 0 Å². The van der Waals surface area contributed by atoms with Crippen LogP contribution >= 0.6 is 0 Å². The van der Waals surface area contributed by atoms with Crippen molar-refractivity contribution in [3.63, 3.8) is 0 Å². The molecule has 0 aromatic heterocycles. The smallest absolute Gasteiger partial charge is 0.0431 e. The molecule has 0 saturated carbocycles. The Morgan fingerprint density at radius 2 is 0.241 bits per heavy atom. The first-order valence-corrected chi connectivity index (χ1v) is 26.0. The minimum absolute atomic E-state index is 0.373. The molecule has 0 spiro atoms. The number of hydrogen-bond donors (Lipinski definition) is 2. The van der Waals surface area contributed by atoms with E-state index in [9.17, 15) is 0 Å². The molecule has 0 fully saturated rings. The average Bonchev–Trinajstić information content (AvgIpc) is 3.18. The van der Waals surface area contributed by atoms with Gasteiger partial charge in [0.1, 0.15) is 0 Å². The van der Waals surface area contributed by atoms with Crippen molar-refractivity contribution >= 4 is 0 Å². The summed E-state index contributed by atoms with van der Waals surface area (Å²) < 4.78 is 0. The van der Waals surface area contributed by atoms with Gasteiger partial charge in [-0.05, 0) is 12.8 Å². The van der Waals surface area contributed by atoms with Crippen LogP contribution in [0.2, 0.25) is 0 Å². The molecule has 0 amide bonds. The van der Waals surface area contributed by atoms with E-state index in [1.54, 1.807) is 0 Å². The summed E-state index contributed by atoms with van der Waals surface area (Å²) in [6.45, 7) is 5.34. The lowest BCUT2D eigenvalue weighted by atomic mass is 10.0. The van der Waals surface area contributed by atoms with E-state index in [0.29, 0.717) is 13.2 Å². The molecule has 2 N–H and O–H groups in total. The third-order valence-corrected chi connectivity index (χ3v) is 12.0. The van der Waals surface area contributed by atoms with Crippen molar-refractivity contribution in [1.82, 2.24) is 0 Å². The number of aliphatic hydroxyl groups is 2. The molecule has 0 unspecified atom stereocenters. The van der Waals surface area contributed by atoms with Crippen LogP contribution in [0.15, 0.2) is 0 Å². The molecule has 0 aliphatic heterocycles. The molecule has 0 saturated heterocycles. The Balaban J connectivity index is 0. The van der Waals surface area contributed by atoms with Crippen LogP contribution in [-0.4, -0.2) is 23.4 Å². The minimum atomic E-state index is 0.373. The average molecular weight is 765 g/mol. The van der Waals surface area contributed by atoms with Gasteiger partial charge in [0, 0.05) is 13.2 Å². The zero-order valence-electron chi connectivity index (χ0n) is 38.2. The Labute approximate surface area is 344 Å². The SMILES string of the molecule is CCCCCCCCCCCCCCCCCCCCCCCCCCCCCCCCCCO.CCCCCCCCCCCCCCCCCCO. The van der Waals surface area contributed by atoms with Gasteiger partial charge in [-0.25, -0.2) is 0 Å². The molecule has 54 heavy (non-hydrogen) atoms. The van der Waals surface area contributed by atoms with Crippen LogP contribution in [0.4, 0.5) is 0 Å². The van der Waals surface area contributed by atoms with Crippen LogP contribution in [0.3, 0.4) is 0 Å². The van der Waals surface area contributed by atoms with E-state index in [4.69, 9.17) is 10.2 Å². The van der Waals surface area contributed by atoms with Crippen molar-refractivity contribution in [2.45, 2.75) is 322 Å². The lowest BCUT2D eigenvalue weighted by Gasteiger charge is -2.04. The highest BCUT2D eigenvalue weighted by Gasteiger charge is 1.98. The summed E-state index contributed by atoms with van der Waals surface area (Å²) in [6, 6.07) is 0. The van der Waals surface area contributed by atoms with Gasteiger partial charge >= 0.3 is 0 Å². The van der Waals surface area contributed by atoms with Crippen LogP contribution in [0.25, 0.3) is 0 Å². The predicted octanol–water partition coefficient (Wildman–Crippen LogP) is 18.7. The number of hydrogen-bond acceptors (Lipinski definition) is 2. The van der Waals surface area contributed by atoms with Gasteiger partial charge in [-0.3, -0.25) is 0 Å². The fourth-order valence-corrected chi connectivity index (χ4v) is 8.15. The second-order valence-corrected chi connectivity index (χ2v) is 17.7. The van der Waals surface area contributed by atoms with E-state index in [1.807, 2.05) is 0 Å². The van der Waals surface area contributed by atoms with E-state index in [-0.39, 0.29) is 0 Å². The summed E-state index contributed by atoms with van der Waals surface area (Å²) in [5.74, 6) is 0. The largest absolute Gasteiger partial charge is 0.396 e. The first-order valence-electron chi connectivity index (χ1n) is 26.0. The maximum atomic E-state index is 8.78. The molecule has 0 radical (unpaired) electrons. The third-order valence-electron chi connectivity index (χ3n) is 12.0. The fourth-order valence-electron chi connectivity index (χ4n) is 8.15. The van der Waals surface area contributed by atoms with E-state index in [2.05, 4.69) is 13.8 Å². The zero-order chi connectivity index (χ0) is 39.4. The summed E-state index contributed by atoms with van der Waals surface area (Å²) in [5.41, 5.74) is 0. The van der Waals surface area contributed by atoms with Crippen LogP contribution in [0.1, 0.15) is 322 Å². The molecule has 0 atom stereocenters. The predicted molar refractivity (Wildman–Crippen MR) is 247 cm³/mol. The van der Waals surface area contributed by atoms with E-state index in [1.165, 1.54) is 295 Å². The normalized spacial score (nSPS) is 11.3. The lowest BCUT2D eigenvalue weighted by molar-refractivity contribution is 0.282. The fraction of sp³-hybridized carbons (Fsp3) is 1.00. The van der Waals surface area contributed by atoms with Crippen LogP contribution in [0, 0.1) is 0 Å². The number of unbranched alkanes of at least 4 members (excludes halogenated alkanes) is 46. The van der Waals surface area contributed by atoms with E-state index < -0.39 is 0 Å². The highest BCUT2D eigenvalue weighted by molar-refractivity contribution is 4.53. The molecule has 0 aromatic carbocycles. The van der Waals surface area contributed by atoms with Crippen molar-refractivity contribution < 1.29 is 10.2 Å². The Hall–Kier alpha value is -0.0800. The van der Waals surface area contributed by atoms with Gasteiger partial charge in [0.15, 0.2) is 0 Å². The maximum Gasteiger partial charge on any atom is 0.0431 e. The number of aliphatic hydroxyl groups excluding tert-OH is 2. The molecule has 2 nitrogen and oxygen atoms in total. The van der Waals surface area contributed by atoms with E-state index >= 15 is 0 Å². The number of rotatable bonds is 48. The van der Waals surface area contributed by atoms with Crippen molar-refractivity contribution in [2.75, 3.05) is 13.2 Å². The first-order chi connectivity index (χ1) is 26.8. The summed E-state index contributed by atoms with van der Waals surface area (Å²) in [5, 5.41) is 17.4. The van der Waals surface area contributed by atoms with Gasteiger partial charge in [-0.15, -0.1) is 0 Å². The van der Waals surface area contributed by atoms with Gasteiger partial charge in [0.2, 0.25) is 0 Å². The molecule has 2 heteroatoms. The monoisotopic (exact) mass is 765 g/mol. The molecule has 0 aromatic rings. The molecular weight excluding hydrogens is 657 g/mol. The Kier molecular flexibility index (Phi) is 59.4. The molecule has 0 heterocycles. The maximum absolute atomic E-state index is 8.78. The van der Waals surface area contributed by atoms with Crippen molar-refractivity contribution in [2.24, 2.45) is 0 Å². The minimum Gasteiger partial charge on any atom is -0.396 e. The topological polar surface area (TPSA) is 40.5 Å². The Morgan fingerprint density at radius 3 is 0.333 bits per heavy atom. The Morgan fingerprint density at radius 1 is 0.148 bits per heavy atom. The molecular formula is C52H108O2. The Bertz CT molecular complexity index is 529. The highest BCUT2D eigenvalue weighted by atomic mass is 16.3. The van der Waals surface area contributed by atoms with Gasteiger partial charge in [0.05, 0.1) is 0 Å². The van der Waals surface area contributed by atoms with Crippen molar-refractivity contribution in [3.05, 3.63) is 0 Å². The summed E-state index contributed by atoms with van der Waals surface area (Å²) in [4.78, 5) is 0. The van der Waals surface area contributed by atoms with Gasteiger partial charge < -0.3 is 10.2 Å². The standard InChI is InChI=1S/C34H70O.C18H38O/c1-2-3-4-5-6-7-8-9-10-11-12-13-14-15-16-17-18-19-20-21-22-23-24-25-26-27-28-29-30-31-32-33-34-35;1-2-3-4-5-6-7-8-9-10-11-12-13-14-15-16-17-18-19/h35H,2-34H2,1H3;19H,2-18H2,1H3. The second-order valence-electron chi connectivity index (χ2n) is 17.7. The zero-order valence-corrected chi connectivity index (χ0v) is 38.2. The highest BCUT2D eigenvalue weighted by Crippen LogP contribution is 2.17. The first kappa shape index (κ1) is 56.0. The molecule has 0 rings (SSSR count). The van der Waals surface area contributed by atoms with Gasteiger partial charge in [-0.1, -0.05) is 309 Å². The summed E-state index contributed by atoms with van der Waals surface area (Å²) in [6.07, 6.45) is 68.2. The molecule has 0 aliphatic carbocycles. The van der Waals surface area contributed by atoms with Crippen molar-refractivity contribution in [3.8, 4) is 0 Å². The van der Waals surface area contributed by atoms with Gasteiger partial charge in [0.25, 0.3) is 0 Å². The molecule has 0 bridgehead atoms. The summed E-state index contributed by atoms with van der Waals surface area (Å²) in [7, 11) is 0. The molecule has 0 aliphatic rings. The van der Waals surface area contributed by atoms with Crippen LogP contribution < -0.4 is 0 Å². The van der Waals surface area contributed by atoms with Crippen molar-refractivity contribution in [1.29, 1.82) is 0 Å². The quantitative estimate of drug-likeness (QED) is 0.0606. The summed E-state index contributed by atoms with van der Waals surface area (Å²) >= 11 is 0. The van der Waals surface area contributed by atoms with Gasteiger partial charge in [-0.2, -0.15) is 0 Å². The second kappa shape index (κ2) is 57.2.